The molecule has 1 aromatic rings. The minimum absolute atomic E-state index is 0.242. The van der Waals surface area contributed by atoms with Crippen LogP contribution in [-0.2, 0) is 0 Å². The first-order chi connectivity index (χ1) is 6.52. The zero-order valence-corrected chi connectivity index (χ0v) is 9.10. The summed E-state index contributed by atoms with van der Waals surface area (Å²) >= 11 is 6.97. The molecule has 14 heavy (non-hydrogen) atoms. The summed E-state index contributed by atoms with van der Waals surface area (Å²) in [4.78, 5) is 16.9. The van der Waals surface area contributed by atoms with Gasteiger partial charge in [-0.1, -0.05) is 22.9 Å². The van der Waals surface area contributed by atoms with Gasteiger partial charge in [0, 0.05) is 0 Å². The van der Waals surface area contributed by atoms with Gasteiger partial charge >= 0.3 is 0 Å². The first kappa shape index (κ1) is 9.89. The average Bonchev–Trinajstić information content (AvgIpc) is 2.42. The van der Waals surface area contributed by atoms with Gasteiger partial charge in [0.2, 0.25) is 0 Å². The lowest BCUT2D eigenvalue weighted by atomic mass is 9.98. The minimum atomic E-state index is -0.639. The maximum Gasteiger partial charge on any atom is 0.187 e. The normalized spacial score (nSPS) is 19.2. The van der Waals surface area contributed by atoms with Crippen molar-refractivity contribution in [3.63, 3.8) is 0 Å². The molecule has 0 saturated carbocycles. The second-order valence-electron chi connectivity index (χ2n) is 3.62. The number of carbonyl (C=O) groups excluding carboxylic acids is 1. The van der Waals surface area contributed by atoms with Gasteiger partial charge in [-0.15, -0.1) is 0 Å². The summed E-state index contributed by atoms with van der Waals surface area (Å²) in [6.07, 6.45) is 0.696. The Morgan fingerprint density at radius 2 is 2.36 bits per heavy atom. The number of aldehydes is 1. The predicted octanol–water partition coefficient (Wildman–Crippen LogP) is 1.18. The van der Waals surface area contributed by atoms with Crippen LogP contribution in [0.3, 0.4) is 0 Å². The van der Waals surface area contributed by atoms with E-state index in [-0.39, 0.29) is 5.15 Å². The van der Waals surface area contributed by atoms with E-state index in [2.05, 4.69) is 4.98 Å². The SMILES string of the molecule is CC1(O)CN(c2nc(Cl)c(C=O)s2)C1. The zero-order chi connectivity index (χ0) is 10.3. The number of thiazole rings is 1. The molecule has 0 aliphatic carbocycles. The molecule has 0 radical (unpaired) electrons. The number of hydrogen-bond donors (Lipinski definition) is 1. The van der Waals surface area contributed by atoms with Gasteiger partial charge in [-0.2, -0.15) is 0 Å². The lowest BCUT2D eigenvalue weighted by molar-refractivity contribution is 0.0310. The lowest BCUT2D eigenvalue weighted by Crippen LogP contribution is -2.60. The Kier molecular flexibility index (Phi) is 2.25. The molecule has 1 aliphatic rings. The van der Waals surface area contributed by atoms with E-state index in [1.165, 1.54) is 11.3 Å². The van der Waals surface area contributed by atoms with Gasteiger partial charge < -0.3 is 10.0 Å². The highest BCUT2D eigenvalue weighted by atomic mass is 35.5. The van der Waals surface area contributed by atoms with E-state index in [4.69, 9.17) is 11.6 Å². The summed E-state index contributed by atoms with van der Waals surface area (Å²) in [6, 6.07) is 0. The molecule has 2 rings (SSSR count). The lowest BCUT2D eigenvalue weighted by Gasteiger charge is -2.43. The summed E-state index contributed by atoms with van der Waals surface area (Å²) < 4.78 is 0. The summed E-state index contributed by atoms with van der Waals surface area (Å²) in [6.45, 7) is 2.84. The van der Waals surface area contributed by atoms with Crippen LogP contribution in [0.1, 0.15) is 16.6 Å². The fourth-order valence-electron chi connectivity index (χ4n) is 1.42. The van der Waals surface area contributed by atoms with Crippen molar-refractivity contribution in [3.8, 4) is 0 Å². The Balaban J connectivity index is 2.15. The third-order valence-corrected chi connectivity index (χ3v) is 3.48. The number of aromatic nitrogens is 1. The summed E-state index contributed by atoms with van der Waals surface area (Å²) in [5, 5.41) is 10.5. The van der Waals surface area contributed by atoms with Crippen molar-refractivity contribution in [2.24, 2.45) is 0 Å². The number of rotatable bonds is 2. The molecule has 1 aromatic heterocycles. The van der Waals surface area contributed by atoms with Crippen LogP contribution < -0.4 is 4.90 Å². The standard InChI is InChI=1S/C8H9ClN2O2S/c1-8(13)3-11(4-8)7-10-6(9)5(2-12)14-7/h2,13H,3-4H2,1H3. The molecule has 0 atom stereocenters. The van der Waals surface area contributed by atoms with Crippen molar-refractivity contribution in [2.75, 3.05) is 18.0 Å². The molecule has 1 fully saturated rings. The number of β-amino-alcohol motifs (C(OH)–C–C–N with tert-alkyl or cyclic N) is 1. The third kappa shape index (κ3) is 1.63. The Morgan fingerprint density at radius 1 is 1.71 bits per heavy atom. The zero-order valence-electron chi connectivity index (χ0n) is 7.53. The number of halogens is 1. The first-order valence-corrected chi connectivity index (χ1v) is 5.30. The van der Waals surface area contributed by atoms with Gasteiger partial charge in [-0.25, -0.2) is 4.98 Å². The van der Waals surface area contributed by atoms with Crippen molar-refractivity contribution >= 4 is 34.4 Å². The number of anilines is 1. The van der Waals surface area contributed by atoms with Gasteiger partial charge in [0.1, 0.15) is 4.88 Å². The van der Waals surface area contributed by atoms with E-state index in [1.54, 1.807) is 6.92 Å². The molecule has 6 heteroatoms. The van der Waals surface area contributed by atoms with E-state index in [9.17, 15) is 9.90 Å². The Hall–Kier alpha value is -0.650. The highest BCUT2D eigenvalue weighted by Crippen LogP contribution is 2.33. The highest BCUT2D eigenvalue weighted by Gasteiger charge is 2.38. The number of carbonyl (C=O) groups is 1. The van der Waals surface area contributed by atoms with Crippen molar-refractivity contribution in [2.45, 2.75) is 12.5 Å². The van der Waals surface area contributed by atoms with Gasteiger partial charge in [0.05, 0.1) is 18.7 Å². The molecule has 0 amide bonds. The molecule has 2 heterocycles. The number of aliphatic hydroxyl groups is 1. The maximum atomic E-state index is 10.5. The van der Waals surface area contributed by atoms with Crippen molar-refractivity contribution in [1.82, 2.24) is 4.98 Å². The number of hydrogen-bond acceptors (Lipinski definition) is 5. The summed E-state index contributed by atoms with van der Waals surface area (Å²) in [5.41, 5.74) is -0.639. The van der Waals surface area contributed by atoms with Crippen LogP contribution >= 0.6 is 22.9 Å². The average molecular weight is 233 g/mol. The van der Waals surface area contributed by atoms with Crippen LogP contribution in [0.15, 0.2) is 0 Å². The van der Waals surface area contributed by atoms with Gasteiger partial charge in [0.25, 0.3) is 0 Å². The fourth-order valence-corrected chi connectivity index (χ4v) is 2.48. The van der Waals surface area contributed by atoms with Crippen LogP contribution in [0, 0.1) is 0 Å². The predicted molar refractivity (Wildman–Crippen MR) is 55.3 cm³/mol. The molecule has 0 aromatic carbocycles. The monoisotopic (exact) mass is 232 g/mol. The van der Waals surface area contributed by atoms with Crippen LogP contribution in [0.2, 0.25) is 5.15 Å². The van der Waals surface area contributed by atoms with E-state index in [0.29, 0.717) is 29.4 Å². The molecule has 0 spiro atoms. The molecule has 1 N–H and O–H groups in total. The van der Waals surface area contributed by atoms with Gasteiger partial charge in [-0.3, -0.25) is 4.79 Å². The van der Waals surface area contributed by atoms with Crippen molar-refractivity contribution < 1.29 is 9.90 Å². The molecule has 1 saturated heterocycles. The van der Waals surface area contributed by atoms with Gasteiger partial charge in [0.15, 0.2) is 16.6 Å². The smallest absolute Gasteiger partial charge is 0.187 e. The highest BCUT2D eigenvalue weighted by molar-refractivity contribution is 7.17. The Morgan fingerprint density at radius 3 is 2.79 bits per heavy atom. The van der Waals surface area contributed by atoms with Crippen molar-refractivity contribution in [3.05, 3.63) is 10.0 Å². The molecular weight excluding hydrogens is 224 g/mol. The quantitative estimate of drug-likeness (QED) is 0.778. The molecule has 0 unspecified atom stereocenters. The van der Waals surface area contributed by atoms with Gasteiger partial charge in [-0.05, 0) is 6.92 Å². The number of nitrogens with zero attached hydrogens (tertiary/aromatic N) is 2. The van der Waals surface area contributed by atoms with E-state index in [0.717, 1.165) is 0 Å². The largest absolute Gasteiger partial charge is 0.386 e. The molecule has 76 valence electrons. The van der Waals surface area contributed by atoms with Crippen LogP contribution in [0.5, 0.6) is 0 Å². The van der Waals surface area contributed by atoms with E-state index in [1.807, 2.05) is 4.90 Å². The molecule has 1 aliphatic heterocycles. The van der Waals surface area contributed by atoms with Crippen LogP contribution in [-0.4, -0.2) is 35.1 Å². The fraction of sp³-hybridized carbons (Fsp3) is 0.500. The maximum absolute atomic E-state index is 10.5. The minimum Gasteiger partial charge on any atom is -0.386 e. The van der Waals surface area contributed by atoms with Crippen LogP contribution in [0.25, 0.3) is 0 Å². The second-order valence-corrected chi connectivity index (χ2v) is 4.99. The summed E-state index contributed by atoms with van der Waals surface area (Å²) in [7, 11) is 0. The second kappa shape index (κ2) is 3.18. The Bertz CT molecular complexity index is 369. The first-order valence-electron chi connectivity index (χ1n) is 4.11. The van der Waals surface area contributed by atoms with Crippen LogP contribution in [0.4, 0.5) is 5.13 Å². The molecule has 4 nitrogen and oxygen atoms in total. The van der Waals surface area contributed by atoms with E-state index >= 15 is 0 Å². The topological polar surface area (TPSA) is 53.4 Å². The molecule has 0 bridgehead atoms. The Labute approximate surface area is 90.1 Å². The summed E-state index contributed by atoms with van der Waals surface area (Å²) in [5.74, 6) is 0. The van der Waals surface area contributed by atoms with E-state index < -0.39 is 5.60 Å². The molecular formula is C8H9ClN2O2S. The third-order valence-electron chi connectivity index (χ3n) is 2.04. The van der Waals surface area contributed by atoms with Crippen molar-refractivity contribution in [1.29, 1.82) is 0 Å².